The van der Waals surface area contributed by atoms with Crippen LogP contribution >= 0.6 is 57.7 Å². The van der Waals surface area contributed by atoms with Gasteiger partial charge in [-0.3, -0.25) is 20.2 Å². The van der Waals surface area contributed by atoms with Crippen LogP contribution < -0.4 is 10.6 Å². The van der Waals surface area contributed by atoms with E-state index in [2.05, 4.69) is 41.5 Å². The van der Waals surface area contributed by atoms with E-state index in [-0.39, 0.29) is 23.3 Å². The molecule has 39 heavy (non-hydrogen) atoms. The van der Waals surface area contributed by atoms with Crippen LogP contribution in [0, 0.1) is 11.3 Å². The molecule has 194 valence electrons. The Bertz CT molecular complexity index is 1520. The number of hydrogen-bond acceptors (Lipinski definition) is 13. The van der Waals surface area contributed by atoms with E-state index < -0.39 is 0 Å². The number of nitriles is 1. The number of amides is 2. The predicted molar refractivity (Wildman–Crippen MR) is 156 cm³/mol. The standard InChI is InChI=1S/C24H16N8O2S5/c25-11-16-21(35-12-17(33)26-23-30-28-19(37-23)14-7-3-1-4-8-14)32-39-22(16)36-13-18(34)27-24-31-29-20(38-24)15-9-5-2-6-10-15/h1-10H,12-13H2,(H,26,30,33)(H,27,31,34). The first kappa shape index (κ1) is 26.9. The highest BCUT2D eigenvalue weighted by Gasteiger charge is 2.18. The molecule has 0 saturated carbocycles. The van der Waals surface area contributed by atoms with Gasteiger partial charge in [0, 0.05) is 11.1 Å². The molecule has 5 aromatic rings. The van der Waals surface area contributed by atoms with Crippen LogP contribution in [0.25, 0.3) is 21.1 Å². The van der Waals surface area contributed by atoms with Crippen molar-refractivity contribution in [3.63, 3.8) is 0 Å². The molecular formula is C24H16N8O2S5. The van der Waals surface area contributed by atoms with Gasteiger partial charge in [0.05, 0.1) is 11.5 Å². The Balaban J connectivity index is 1.11. The average Bonchev–Trinajstić information content (AvgIpc) is 3.72. The number of thioether (sulfide) groups is 2. The van der Waals surface area contributed by atoms with Gasteiger partial charge in [-0.15, -0.1) is 32.2 Å². The molecule has 0 aliphatic rings. The molecule has 0 aliphatic heterocycles. The lowest BCUT2D eigenvalue weighted by Crippen LogP contribution is -2.14. The van der Waals surface area contributed by atoms with Crippen molar-refractivity contribution in [1.82, 2.24) is 24.8 Å². The zero-order valence-corrected chi connectivity index (χ0v) is 23.8. The van der Waals surface area contributed by atoms with Gasteiger partial charge in [-0.05, 0) is 11.5 Å². The molecule has 2 aromatic carbocycles. The van der Waals surface area contributed by atoms with Gasteiger partial charge >= 0.3 is 0 Å². The molecule has 5 rings (SSSR count). The highest BCUT2D eigenvalue weighted by molar-refractivity contribution is 8.02. The molecule has 2 amide bonds. The van der Waals surface area contributed by atoms with Gasteiger partial charge in [0.1, 0.15) is 30.9 Å². The topological polar surface area (TPSA) is 146 Å². The molecular weight excluding hydrogens is 593 g/mol. The Hall–Kier alpha value is -3.68. The first-order chi connectivity index (χ1) is 19.1. The zero-order chi connectivity index (χ0) is 27.0. The number of carbonyl (C=O) groups is 2. The Morgan fingerprint density at radius 3 is 1.79 bits per heavy atom. The predicted octanol–water partition coefficient (Wildman–Crippen LogP) is 5.51. The van der Waals surface area contributed by atoms with E-state index >= 15 is 0 Å². The number of nitrogens with zero attached hydrogens (tertiary/aromatic N) is 6. The van der Waals surface area contributed by atoms with Crippen molar-refractivity contribution in [3.05, 3.63) is 66.2 Å². The van der Waals surface area contributed by atoms with Gasteiger partial charge in [0.25, 0.3) is 0 Å². The van der Waals surface area contributed by atoms with Crippen LogP contribution in [0.15, 0.2) is 69.9 Å². The minimum atomic E-state index is -0.284. The first-order valence-corrected chi connectivity index (χ1v) is 15.5. The summed E-state index contributed by atoms with van der Waals surface area (Å²) in [4.78, 5) is 24.9. The van der Waals surface area contributed by atoms with Gasteiger partial charge in [-0.1, -0.05) is 95.1 Å². The maximum Gasteiger partial charge on any atom is 0.236 e. The minimum absolute atomic E-state index is 0.0457. The lowest BCUT2D eigenvalue weighted by atomic mass is 10.2. The lowest BCUT2D eigenvalue weighted by molar-refractivity contribution is -0.114. The van der Waals surface area contributed by atoms with Gasteiger partial charge in [0.2, 0.25) is 22.1 Å². The maximum absolute atomic E-state index is 12.5. The summed E-state index contributed by atoms with van der Waals surface area (Å²) in [6, 6.07) is 21.3. The number of aromatic nitrogens is 5. The van der Waals surface area contributed by atoms with Crippen molar-refractivity contribution >= 4 is 79.8 Å². The molecule has 0 unspecified atom stereocenters. The summed E-state index contributed by atoms with van der Waals surface area (Å²) in [7, 11) is 0. The van der Waals surface area contributed by atoms with E-state index in [0.717, 1.165) is 34.4 Å². The number of nitrogens with one attached hydrogen (secondary N) is 2. The molecule has 0 spiro atoms. The molecule has 2 N–H and O–H groups in total. The third-order valence-corrected chi connectivity index (χ3v) is 9.76. The van der Waals surface area contributed by atoms with Crippen molar-refractivity contribution < 1.29 is 9.59 Å². The number of benzene rings is 2. The van der Waals surface area contributed by atoms with Crippen LogP contribution in [0.4, 0.5) is 10.3 Å². The fourth-order valence-corrected chi connectivity index (χ4v) is 7.30. The summed E-state index contributed by atoms with van der Waals surface area (Å²) in [6.07, 6.45) is 0. The van der Waals surface area contributed by atoms with Crippen LogP contribution in [-0.4, -0.2) is 48.1 Å². The summed E-state index contributed by atoms with van der Waals surface area (Å²) in [6.45, 7) is 0. The summed E-state index contributed by atoms with van der Waals surface area (Å²) >= 11 is 6.04. The second-order valence-electron chi connectivity index (χ2n) is 7.49. The number of hydrogen-bond donors (Lipinski definition) is 2. The molecule has 0 fully saturated rings. The summed E-state index contributed by atoms with van der Waals surface area (Å²) in [5, 5.41) is 34.1. The van der Waals surface area contributed by atoms with Crippen molar-refractivity contribution in [2.75, 3.05) is 22.1 Å². The van der Waals surface area contributed by atoms with E-state index in [1.54, 1.807) is 0 Å². The molecule has 10 nitrogen and oxygen atoms in total. The monoisotopic (exact) mass is 608 g/mol. The molecule has 0 radical (unpaired) electrons. The second-order valence-corrected chi connectivity index (χ2v) is 12.4. The number of rotatable bonds is 10. The summed E-state index contributed by atoms with van der Waals surface area (Å²) < 4.78 is 4.92. The molecule has 3 heterocycles. The molecule has 3 aromatic heterocycles. The van der Waals surface area contributed by atoms with Crippen molar-refractivity contribution in [2.24, 2.45) is 0 Å². The Labute approximate surface area is 243 Å². The van der Waals surface area contributed by atoms with Crippen LogP contribution in [0.3, 0.4) is 0 Å². The SMILES string of the molecule is N#Cc1c(SCC(=O)Nc2nnc(-c3ccccc3)s2)nsc1SCC(=O)Nc1nnc(-c2ccccc2)s1. The van der Waals surface area contributed by atoms with E-state index in [9.17, 15) is 14.9 Å². The molecule has 0 bridgehead atoms. The van der Waals surface area contributed by atoms with Crippen molar-refractivity contribution in [2.45, 2.75) is 9.24 Å². The smallest absolute Gasteiger partial charge is 0.236 e. The van der Waals surface area contributed by atoms with Gasteiger partial charge in [0.15, 0.2) is 0 Å². The third-order valence-electron chi connectivity index (χ3n) is 4.80. The van der Waals surface area contributed by atoms with Crippen LogP contribution in [0.5, 0.6) is 0 Å². The zero-order valence-electron chi connectivity index (χ0n) is 19.7. The highest BCUT2D eigenvalue weighted by atomic mass is 32.2. The Morgan fingerprint density at radius 1 is 0.769 bits per heavy atom. The quantitative estimate of drug-likeness (QED) is 0.194. The number of anilines is 2. The molecule has 0 saturated heterocycles. The van der Waals surface area contributed by atoms with Crippen molar-refractivity contribution in [1.29, 1.82) is 5.26 Å². The Kier molecular flexibility index (Phi) is 8.91. The van der Waals surface area contributed by atoms with Crippen LogP contribution in [-0.2, 0) is 9.59 Å². The van der Waals surface area contributed by atoms with Gasteiger partial charge in [-0.2, -0.15) is 9.64 Å². The average molecular weight is 609 g/mol. The van der Waals surface area contributed by atoms with Crippen LogP contribution in [0.2, 0.25) is 0 Å². The molecule has 0 aliphatic carbocycles. The van der Waals surface area contributed by atoms with Gasteiger partial charge < -0.3 is 0 Å². The van der Waals surface area contributed by atoms with E-state index in [1.165, 1.54) is 34.4 Å². The van der Waals surface area contributed by atoms with E-state index in [0.29, 0.717) is 35.1 Å². The van der Waals surface area contributed by atoms with E-state index in [1.807, 2.05) is 60.7 Å². The van der Waals surface area contributed by atoms with Crippen molar-refractivity contribution in [3.8, 4) is 27.2 Å². The maximum atomic E-state index is 12.5. The minimum Gasteiger partial charge on any atom is -0.300 e. The summed E-state index contributed by atoms with van der Waals surface area (Å²) in [5.74, 6) is -0.436. The fourth-order valence-electron chi connectivity index (χ4n) is 3.07. The molecule has 15 heteroatoms. The molecule has 0 atom stereocenters. The van der Waals surface area contributed by atoms with Gasteiger partial charge in [-0.25, -0.2) is 0 Å². The summed E-state index contributed by atoms with van der Waals surface area (Å²) in [5.41, 5.74) is 2.19. The second kappa shape index (κ2) is 12.9. The third kappa shape index (κ3) is 7.05. The Morgan fingerprint density at radius 2 is 1.28 bits per heavy atom. The normalized spacial score (nSPS) is 10.6. The first-order valence-electron chi connectivity index (χ1n) is 11.1. The van der Waals surface area contributed by atoms with Crippen LogP contribution in [0.1, 0.15) is 5.56 Å². The number of carbonyl (C=O) groups excluding carboxylic acids is 2. The highest BCUT2D eigenvalue weighted by Crippen LogP contribution is 2.35. The van der Waals surface area contributed by atoms with E-state index in [4.69, 9.17) is 0 Å². The fraction of sp³-hybridized carbons (Fsp3) is 0.0833. The lowest BCUT2D eigenvalue weighted by Gasteiger charge is -2.01. The largest absolute Gasteiger partial charge is 0.300 e.